The second-order valence-electron chi connectivity index (χ2n) is 4.55. The van der Waals surface area contributed by atoms with Crippen LogP contribution in [0.25, 0.3) is 0 Å². The fourth-order valence-electron chi connectivity index (χ4n) is 2.09. The Morgan fingerprint density at radius 1 is 1.00 bits per heavy atom. The second kappa shape index (κ2) is 6.64. The van der Waals surface area contributed by atoms with Crippen LogP contribution < -0.4 is 15.2 Å². The van der Waals surface area contributed by atoms with Crippen LogP contribution in [0.2, 0.25) is 5.02 Å². The molecule has 0 fully saturated rings. The Morgan fingerprint density at radius 3 is 2.25 bits per heavy atom. The molecule has 2 rings (SSSR count). The number of methoxy groups -OCH3 is 2. The quantitative estimate of drug-likeness (QED) is 0.915. The van der Waals surface area contributed by atoms with Crippen LogP contribution in [0.15, 0.2) is 42.5 Å². The monoisotopic (exact) mass is 291 g/mol. The molecule has 0 aliphatic carbocycles. The first-order valence-corrected chi connectivity index (χ1v) is 6.73. The maximum absolute atomic E-state index is 6.22. The average molecular weight is 292 g/mol. The lowest BCUT2D eigenvalue weighted by atomic mass is 9.99. The summed E-state index contributed by atoms with van der Waals surface area (Å²) in [7, 11) is 3.25. The Labute approximate surface area is 124 Å². The first kappa shape index (κ1) is 14.7. The number of hydrogen-bond acceptors (Lipinski definition) is 3. The first-order chi connectivity index (χ1) is 9.63. The van der Waals surface area contributed by atoms with Gasteiger partial charge in [-0.3, -0.25) is 0 Å². The Balaban J connectivity index is 2.15. The highest BCUT2D eigenvalue weighted by molar-refractivity contribution is 6.30. The summed E-state index contributed by atoms with van der Waals surface area (Å²) in [6, 6.07) is 13.4. The summed E-state index contributed by atoms with van der Waals surface area (Å²) in [4.78, 5) is 0. The average Bonchev–Trinajstić information content (AvgIpc) is 2.47. The topological polar surface area (TPSA) is 44.5 Å². The zero-order chi connectivity index (χ0) is 14.5. The molecule has 2 N–H and O–H groups in total. The van der Waals surface area contributed by atoms with Gasteiger partial charge < -0.3 is 15.2 Å². The summed E-state index contributed by atoms with van der Waals surface area (Å²) < 4.78 is 10.5. The molecule has 1 unspecified atom stereocenters. The van der Waals surface area contributed by atoms with E-state index in [1.165, 1.54) is 0 Å². The normalized spacial score (nSPS) is 12.0. The van der Waals surface area contributed by atoms with Crippen LogP contribution in [0.5, 0.6) is 11.5 Å². The van der Waals surface area contributed by atoms with E-state index in [1.807, 2.05) is 42.5 Å². The SMILES string of the molecule is COc1ccc(CC(N)c2ccc(Cl)cc2)cc1OC. The van der Waals surface area contributed by atoms with Crippen molar-refractivity contribution in [2.45, 2.75) is 12.5 Å². The van der Waals surface area contributed by atoms with Gasteiger partial charge in [-0.05, 0) is 41.8 Å². The van der Waals surface area contributed by atoms with Crippen molar-refractivity contribution in [3.63, 3.8) is 0 Å². The highest BCUT2D eigenvalue weighted by atomic mass is 35.5. The number of hydrogen-bond donors (Lipinski definition) is 1. The number of halogens is 1. The molecule has 0 aliphatic heterocycles. The zero-order valence-corrected chi connectivity index (χ0v) is 12.4. The van der Waals surface area contributed by atoms with E-state index in [0.29, 0.717) is 10.8 Å². The summed E-state index contributed by atoms with van der Waals surface area (Å²) in [5, 5.41) is 0.715. The van der Waals surface area contributed by atoms with E-state index < -0.39 is 0 Å². The van der Waals surface area contributed by atoms with Crippen molar-refractivity contribution in [2.24, 2.45) is 5.73 Å². The first-order valence-electron chi connectivity index (χ1n) is 6.36. The van der Waals surface area contributed by atoms with E-state index in [9.17, 15) is 0 Å². The van der Waals surface area contributed by atoms with Crippen molar-refractivity contribution >= 4 is 11.6 Å². The van der Waals surface area contributed by atoms with Crippen molar-refractivity contribution in [1.82, 2.24) is 0 Å². The molecule has 3 nitrogen and oxygen atoms in total. The van der Waals surface area contributed by atoms with Crippen molar-refractivity contribution in [3.8, 4) is 11.5 Å². The number of ether oxygens (including phenoxy) is 2. The summed E-state index contributed by atoms with van der Waals surface area (Å²) in [5.74, 6) is 1.43. The van der Waals surface area contributed by atoms with Crippen molar-refractivity contribution in [2.75, 3.05) is 14.2 Å². The molecule has 20 heavy (non-hydrogen) atoms. The third-order valence-corrected chi connectivity index (χ3v) is 3.45. The summed E-state index contributed by atoms with van der Waals surface area (Å²) >= 11 is 5.88. The van der Waals surface area contributed by atoms with Gasteiger partial charge in [0.2, 0.25) is 0 Å². The molecule has 0 saturated heterocycles. The molecule has 0 spiro atoms. The summed E-state index contributed by atoms with van der Waals surface area (Å²) in [5.41, 5.74) is 8.39. The van der Waals surface area contributed by atoms with Crippen LogP contribution in [0, 0.1) is 0 Å². The number of rotatable bonds is 5. The van der Waals surface area contributed by atoms with E-state index in [2.05, 4.69) is 0 Å². The Morgan fingerprint density at radius 2 is 1.65 bits per heavy atom. The minimum Gasteiger partial charge on any atom is -0.493 e. The predicted octanol–water partition coefficient (Wildman–Crippen LogP) is 3.60. The largest absolute Gasteiger partial charge is 0.493 e. The molecule has 4 heteroatoms. The Bertz CT molecular complexity index is 569. The van der Waals surface area contributed by atoms with Crippen LogP contribution in [0.1, 0.15) is 17.2 Å². The molecule has 106 valence electrons. The zero-order valence-electron chi connectivity index (χ0n) is 11.6. The standard InChI is InChI=1S/C16H18ClNO2/c1-19-15-8-3-11(10-16(15)20-2)9-14(18)12-4-6-13(17)7-5-12/h3-8,10,14H,9,18H2,1-2H3. The third kappa shape index (κ3) is 3.44. The van der Waals surface area contributed by atoms with Gasteiger partial charge in [-0.2, -0.15) is 0 Å². The van der Waals surface area contributed by atoms with Crippen molar-refractivity contribution in [3.05, 3.63) is 58.6 Å². The van der Waals surface area contributed by atoms with Gasteiger partial charge in [0, 0.05) is 11.1 Å². The van der Waals surface area contributed by atoms with E-state index >= 15 is 0 Å². The van der Waals surface area contributed by atoms with Crippen LogP contribution >= 0.6 is 11.6 Å². The van der Waals surface area contributed by atoms with Gasteiger partial charge in [-0.25, -0.2) is 0 Å². The summed E-state index contributed by atoms with van der Waals surface area (Å²) in [6.45, 7) is 0. The van der Waals surface area contributed by atoms with Crippen molar-refractivity contribution < 1.29 is 9.47 Å². The van der Waals surface area contributed by atoms with Crippen molar-refractivity contribution in [1.29, 1.82) is 0 Å². The van der Waals surface area contributed by atoms with Crippen LogP contribution in [-0.4, -0.2) is 14.2 Å². The maximum Gasteiger partial charge on any atom is 0.160 e. The Hall–Kier alpha value is -1.71. The van der Waals surface area contributed by atoms with Gasteiger partial charge in [-0.1, -0.05) is 29.8 Å². The van der Waals surface area contributed by atoms with Crippen LogP contribution in [0.4, 0.5) is 0 Å². The molecule has 0 radical (unpaired) electrons. The lowest BCUT2D eigenvalue weighted by molar-refractivity contribution is 0.354. The molecular formula is C16H18ClNO2. The second-order valence-corrected chi connectivity index (χ2v) is 4.99. The minimum absolute atomic E-state index is 0.0784. The molecule has 0 heterocycles. The molecule has 2 aromatic carbocycles. The smallest absolute Gasteiger partial charge is 0.160 e. The molecular weight excluding hydrogens is 274 g/mol. The van der Waals surface area contributed by atoms with Gasteiger partial charge >= 0.3 is 0 Å². The molecule has 2 aromatic rings. The number of nitrogens with two attached hydrogens (primary N) is 1. The molecule has 0 amide bonds. The van der Waals surface area contributed by atoms with Gasteiger partial charge in [-0.15, -0.1) is 0 Å². The molecule has 0 bridgehead atoms. The fraction of sp³-hybridized carbons (Fsp3) is 0.250. The lowest BCUT2D eigenvalue weighted by Crippen LogP contribution is -2.13. The van der Waals surface area contributed by atoms with Gasteiger partial charge in [0.25, 0.3) is 0 Å². The van der Waals surface area contributed by atoms with Crippen LogP contribution in [-0.2, 0) is 6.42 Å². The molecule has 0 saturated carbocycles. The lowest BCUT2D eigenvalue weighted by Gasteiger charge is -2.14. The molecule has 1 atom stereocenters. The van der Waals surface area contributed by atoms with Gasteiger partial charge in [0.05, 0.1) is 14.2 Å². The minimum atomic E-state index is -0.0784. The predicted molar refractivity (Wildman–Crippen MR) is 81.6 cm³/mol. The Kier molecular flexibility index (Phi) is 4.88. The van der Waals surface area contributed by atoms with Gasteiger partial charge in [0.1, 0.15) is 0 Å². The molecule has 0 aromatic heterocycles. The summed E-state index contributed by atoms with van der Waals surface area (Å²) in [6.07, 6.45) is 0.724. The highest BCUT2D eigenvalue weighted by Gasteiger charge is 2.10. The van der Waals surface area contributed by atoms with E-state index in [1.54, 1.807) is 14.2 Å². The fourth-order valence-corrected chi connectivity index (χ4v) is 2.22. The highest BCUT2D eigenvalue weighted by Crippen LogP contribution is 2.29. The maximum atomic E-state index is 6.22. The third-order valence-electron chi connectivity index (χ3n) is 3.20. The van der Waals surface area contributed by atoms with E-state index in [4.69, 9.17) is 26.8 Å². The van der Waals surface area contributed by atoms with Gasteiger partial charge in [0.15, 0.2) is 11.5 Å². The van der Waals surface area contributed by atoms with E-state index in [-0.39, 0.29) is 6.04 Å². The molecule has 0 aliphatic rings. The van der Waals surface area contributed by atoms with E-state index in [0.717, 1.165) is 23.3 Å². The van der Waals surface area contributed by atoms with Crippen LogP contribution in [0.3, 0.4) is 0 Å². The number of benzene rings is 2.